The standard InChI is InChI=1S/C14H18FNO2/c1-9-6-11(3-5-13(9)15)14(18)16-8-10-2-4-12(17)7-10/h3,5-6,10,12,17H,2,4,7-8H2,1H3,(H,16,18). The summed E-state index contributed by atoms with van der Waals surface area (Å²) < 4.78 is 13.1. The van der Waals surface area contributed by atoms with Crippen LogP contribution in [0.3, 0.4) is 0 Å². The van der Waals surface area contributed by atoms with Gasteiger partial charge in [-0.05, 0) is 55.9 Å². The molecule has 1 aromatic rings. The Morgan fingerprint density at radius 2 is 2.28 bits per heavy atom. The number of amides is 1. The Hall–Kier alpha value is -1.42. The number of aliphatic hydroxyl groups is 1. The van der Waals surface area contributed by atoms with Crippen LogP contribution in [0.4, 0.5) is 4.39 Å². The topological polar surface area (TPSA) is 49.3 Å². The van der Waals surface area contributed by atoms with Gasteiger partial charge in [-0.2, -0.15) is 0 Å². The van der Waals surface area contributed by atoms with E-state index in [9.17, 15) is 14.3 Å². The zero-order chi connectivity index (χ0) is 13.1. The van der Waals surface area contributed by atoms with E-state index in [2.05, 4.69) is 5.32 Å². The normalized spacial score (nSPS) is 23.1. The molecule has 1 aliphatic rings. The fourth-order valence-electron chi connectivity index (χ4n) is 2.36. The van der Waals surface area contributed by atoms with Gasteiger partial charge >= 0.3 is 0 Å². The quantitative estimate of drug-likeness (QED) is 0.863. The SMILES string of the molecule is Cc1cc(C(=O)NCC2CCC(O)C2)ccc1F. The Bertz CT molecular complexity index is 447. The lowest BCUT2D eigenvalue weighted by atomic mass is 10.1. The van der Waals surface area contributed by atoms with Crippen molar-refractivity contribution in [1.29, 1.82) is 0 Å². The molecule has 4 heteroatoms. The number of carbonyl (C=O) groups is 1. The lowest BCUT2D eigenvalue weighted by Gasteiger charge is -2.11. The molecule has 0 radical (unpaired) electrons. The smallest absolute Gasteiger partial charge is 0.251 e. The van der Waals surface area contributed by atoms with Crippen LogP contribution in [-0.4, -0.2) is 23.7 Å². The predicted octanol–water partition coefficient (Wildman–Crippen LogP) is 2.02. The van der Waals surface area contributed by atoms with Gasteiger partial charge in [0.05, 0.1) is 6.10 Å². The highest BCUT2D eigenvalue weighted by Gasteiger charge is 2.23. The van der Waals surface area contributed by atoms with Gasteiger partial charge in [-0.25, -0.2) is 4.39 Å². The number of nitrogens with one attached hydrogen (secondary N) is 1. The number of rotatable bonds is 3. The van der Waals surface area contributed by atoms with E-state index < -0.39 is 0 Å². The number of benzene rings is 1. The van der Waals surface area contributed by atoms with Gasteiger partial charge in [-0.1, -0.05) is 0 Å². The highest BCUT2D eigenvalue weighted by atomic mass is 19.1. The number of aliphatic hydroxyl groups excluding tert-OH is 1. The summed E-state index contributed by atoms with van der Waals surface area (Å²) >= 11 is 0. The molecule has 1 aliphatic carbocycles. The lowest BCUT2D eigenvalue weighted by molar-refractivity contribution is 0.0945. The Kier molecular flexibility index (Phi) is 3.97. The van der Waals surface area contributed by atoms with Crippen LogP contribution in [0.2, 0.25) is 0 Å². The van der Waals surface area contributed by atoms with E-state index in [1.54, 1.807) is 13.0 Å². The lowest BCUT2D eigenvalue weighted by Crippen LogP contribution is -2.28. The molecular weight excluding hydrogens is 233 g/mol. The molecule has 0 aromatic heterocycles. The first-order valence-corrected chi connectivity index (χ1v) is 6.28. The zero-order valence-corrected chi connectivity index (χ0v) is 10.4. The number of halogens is 1. The van der Waals surface area contributed by atoms with Gasteiger partial charge in [-0.15, -0.1) is 0 Å². The van der Waals surface area contributed by atoms with Crippen molar-refractivity contribution in [3.05, 3.63) is 35.1 Å². The van der Waals surface area contributed by atoms with Crippen molar-refractivity contribution in [2.24, 2.45) is 5.92 Å². The molecule has 18 heavy (non-hydrogen) atoms. The third-order valence-corrected chi connectivity index (χ3v) is 3.48. The van der Waals surface area contributed by atoms with E-state index >= 15 is 0 Å². The van der Waals surface area contributed by atoms with Crippen molar-refractivity contribution < 1.29 is 14.3 Å². The molecule has 2 atom stereocenters. The van der Waals surface area contributed by atoms with Crippen molar-refractivity contribution in [2.75, 3.05) is 6.54 Å². The van der Waals surface area contributed by atoms with Gasteiger partial charge in [0, 0.05) is 12.1 Å². The second kappa shape index (κ2) is 5.48. The number of aryl methyl sites for hydroxylation is 1. The van der Waals surface area contributed by atoms with Crippen molar-refractivity contribution in [2.45, 2.75) is 32.3 Å². The molecule has 1 aromatic carbocycles. The summed E-state index contributed by atoms with van der Waals surface area (Å²) in [6.45, 7) is 2.21. The first-order valence-electron chi connectivity index (χ1n) is 6.28. The van der Waals surface area contributed by atoms with E-state index in [-0.39, 0.29) is 17.8 Å². The maximum absolute atomic E-state index is 13.1. The minimum Gasteiger partial charge on any atom is -0.393 e. The summed E-state index contributed by atoms with van der Waals surface area (Å²) in [7, 11) is 0. The van der Waals surface area contributed by atoms with Gasteiger partial charge in [-0.3, -0.25) is 4.79 Å². The molecule has 3 nitrogen and oxygen atoms in total. The Morgan fingerprint density at radius 3 is 2.89 bits per heavy atom. The van der Waals surface area contributed by atoms with Crippen LogP contribution < -0.4 is 5.32 Å². The molecule has 0 heterocycles. The average Bonchev–Trinajstić information content (AvgIpc) is 2.75. The van der Waals surface area contributed by atoms with E-state index in [1.165, 1.54) is 12.1 Å². The number of hydrogen-bond donors (Lipinski definition) is 2. The molecule has 1 amide bonds. The summed E-state index contributed by atoms with van der Waals surface area (Å²) in [5, 5.41) is 12.2. The van der Waals surface area contributed by atoms with E-state index in [1.807, 2.05) is 0 Å². The summed E-state index contributed by atoms with van der Waals surface area (Å²) in [6, 6.07) is 4.35. The Balaban J connectivity index is 1.89. The third-order valence-electron chi connectivity index (χ3n) is 3.48. The van der Waals surface area contributed by atoms with Crippen LogP contribution in [0.5, 0.6) is 0 Å². The number of hydrogen-bond acceptors (Lipinski definition) is 2. The molecule has 1 fully saturated rings. The molecule has 0 spiro atoms. The molecule has 2 rings (SSSR count). The second-order valence-corrected chi connectivity index (χ2v) is 5.01. The highest BCUT2D eigenvalue weighted by Crippen LogP contribution is 2.24. The highest BCUT2D eigenvalue weighted by molar-refractivity contribution is 5.94. The minimum absolute atomic E-state index is 0.181. The van der Waals surface area contributed by atoms with Crippen LogP contribution in [0, 0.1) is 18.7 Å². The van der Waals surface area contributed by atoms with Crippen molar-refractivity contribution in [3.63, 3.8) is 0 Å². The summed E-state index contributed by atoms with van der Waals surface area (Å²) in [6.07, 6.45) is 2.29. The minimum atomic E-state index is -0.300. The zero-order valence-electron chi connectivity index (χ0n) is 10.4. The monoisotopic (exact) mass is 251 g/mol. The van der Waals surface area contributed by atoms with Crippen LogP contribution in [-0.2, 0) is 0 Å². The summed E-state index contributed by atoms with van der Waals surface area (Å²) in [5.41, 5.74) is 0.950. The van der Waals surface area contributed by atoms with Crippen LogP contribution in [0.1, 0.15) is 35.2 Å². The fraction of sp³-hybridized carbons (Fsp3) is 0.500. The molecule has 98 valence electrons. The Labute approximate surface area is 106 Å². The van der Waals surface area contributed by atoms with Gasteiger partial charge in [0.15, 0.2) is 0 Å². The second-order valence-electron chi connectivity index (χ2n) is 5.01. The molecule has 2 unspecified atom stereocenters. The van der Waals surface area contributed by atoms with Crippen molar-refractivity contribution in [3.8, 4) is 0 Å². The Morgan fingerprint density at radius 1 is 1.50 bits per heavy atom. The summed E-state index contributed by atoms with van der Waals surface area (Å²) in [5.74, 6) is -0.129. The maximum atomic E-state index is 13.1. The van der Waals surface area contributed by atoms with Crippen molar-refractivity contribution in [1.82, 2.24) is 5.32 Å². The third kappa shape index (κ3) is 3.07. The van der Waals surface area contributed by atoms with E-state index in [0.717, 1.165) is 19.3 Å². The van der Waals surface area contributed by atoms with Crippen LogP contribution in [0.25, 0.3) is 0 Å². The molecular formula is C14H18FNO2. The first kappa shape index (κ1) is 13.0. The van der Waals surface area contributed by atoms with Gasteiger partial charge in [0.25, 0.3) is 5.91 Å². The molecule has 0 saturated heterocycles. The molecule has 0 bridgehead atoms. The predicted molar refractivity (Wildman–Crippen MR) is 66.8 cm³/mol. The van der Waals surface area contributed by atoms with E-state index in [0.29, 0.717) is 23.6 Å². The largest absolute Gasteiger partial charge is 0.393 e. The van der Waals surface area contributed by atoms with Crippen LogP contribution >= 0.6 is 0 Å². The molecule has 0 aliphatic heterocycles. The maximum Gasteiger partial charge on any atom is 0.251 e. The van der Waals surface area contributed by atoms with Crippen molar-refractivity contribution >= 4 is 5.91 Å². The average molecular weight is 251 g/mol. The molecule has 2 N–H and O–H groups in total. The van der Waals surface area contributed by atoms with Gasteiger partial charge < -0.3 is 10.4 Å². The molecule has 1 saturated carbocycles. The first-order chi connectivity index (χ1) is 8.56. The number of carbonyl (C=O) groups excluding carboxylic acids is 1. The van der Waals surface area contributed by atoms with Crippen LogP contribution in [0.15, 0.2) is 18.2 Å². The van der Waals surface area contributed by atoms with E-state index in [4.69, 9.17) is 0 Å². The van der Waals surface area contributed by atoms with Gasteiger partial charge in [0.1, 0.15) is 5.82 Å². The van der Waals surface area contributed by atoms with Gasteiger partial charge in [0.2, 0.25) is 0 Å². The fourth-order valence-corrected chi connectivity index (χ4v) is 2.36. The summed E-state index contributed by atoms with van der Waals surface area (Å²) in [4.78, 5) is 11.9.